The van der Waals surface area contributed by atoms with E-state index in [1.165, 1.54) is 6.07 Å². The third-order valence-electron chi connectivity index (χ3n) is 2.69. The monoisotopic (exact) mass is 245 g/mol. The second-order valence-corrected chi connectivity index (χ2v) is 4.36. The molecule has 0 aromatic heterocycles. The highest BCUT2D eigenvalue weighted by atomic mass is 19.4. The lowest BCUT2D eigenvalue weighted by atomic mass is 9.92. The molecule has 0 aliphatic carbocycles. The summed E-state index contributed by atoms with van der Waals surface area (Å²) in [6.45, 7) is 6.38. The summed E-state index contributed by atoms with van der Waals surface area (Å²) >= 11 is 0. The Labute approximate surface area is 100 Å². The average molecular weight is 245 g/mol. The fourth-order valence-corrected chi connectivity index (χ4v) is 1.95. The Hall–Kier alpha value is -1.03. The molecule has 1 nitrogen and oxygen atoms in total. The molecule has 1 atom stereocenters. The summed E-state index contributed by atoms with van der Waals surface area (Å²) in [5.74, 6) is 0.110. The molecule has 96 valence electrons. The smallest absolute Gasteiger partial charge is 0.310 e. The van der Waals surface area contributed by atoms with Crippen molar-refractivity contribution in [3.63, 3.8) is 0 Å². The molecule has 0 aliphatic rings. The van der Waals surface area contributed by atoms with E-state index < -0.39 is 11.7 Å². The van der Waals surface area contributed by atoms with Crippen molar-refractivity contribution < 1.29 is 13.2 Å². The molecule has 1 aromatic carbocycles. The minimum Gasteiger partial charge on any atom is -0.310 e. The van der Waals surface area contributed by atoms with E-state index in [0.29, 0.717) is 12.1 Å². The lowest BCUT2D eigenvalue weighted by molar-refractivity contribution is -0.138. The number of rotatable bonds is 4. The molecule has 4 heteroatoms. The van der Waals surface area contributed by atoms with Gasteiger partial charge < -0.3 is 5.32 Å². The van der Waals surface area contributed by atoms with Gasteiger partial charge in [0.25, 0.3) is 0 Å². The molecule has 0 heterocycles. The highest BCUT2D eigenvalue weighted by Gasteiger charge is 2.35. The summed E-state index contributed by atoms with van der Waals surface area (Å²) in [6, 6.07) is 5.50. The van der Waals surface area contributed by atoms with Crippen molar-refractivity contribution in [2.45, 2.75) is 33.0 Å². The van der Waals surface area contributed by atoms with E-state index >= 15 is 0 Å². The largest absolute Gasteiger partial charge is 0.416 e. The van der Waals surface area contributed by atoms with E-state index in [0.717, 1.165) is 6.07 Å². The van der Waals surface area contributed by atoms with Gasteiger partial charge in [0, 0.05) is 6.04 Å². The van der Waals surface area contributed by atoms with Gasteiger partial charge in [-0.1, -0.05) is 39.0 Å². The van der Waals surface area contributed by atoms with Crippen LogP contribution in [0.15, 0.2) is 24.3 Å². The third-order valence-corrected chi connectivity index (χ3v) is 2.69. The number of benzene rings is 1. The van der Waals surface area contributed by atoms with Gasteiger partial charge in [0.15, 0.2) is 0 Å². The Balaban J connectivity index is 3.19. The highest BCUT2D eigenvalue weighted by molar-refractivity contribution is 5.32. The third kappa shape index (κ3) is 3.46. The number of halogens is 3. The van der Waals surface area contributed by atoms with Crippen LogP contribution in [0.4, 0.5) is 13.2 Å². The molecule has 1 rings (SSSR count). The van der Waals surface area contributed by atoms with Crippen LogP contribution in [-0.4, -0.2) is 6.54 Å². The van der Waals surface area contributed by atoms with Crippen molar-refractivity contribution >= 4 is 0 Å². The van der Waals surface area contributed by atoms with Gasteiger partial charge in [-0.05, 0) is 24.1 Å². The van der Waals surface area contributed by atoms with E-state index in [9.17, 15) is 13.2 Å². The molecule has 1 aromatic rings. The molecule has 1 unspecified atom stereocenters. The van der Waals surface area contributed by atoms with Crippen molar-refractivity contribution in [3.8, 4) is 0 Å². The first kappa shape index (κ1) is 14.0. The Morgan fingerprint density at radius 1 is 1.18 bits per heavy atom. The molecule has 1 N–H and O–H groups in total. The molecular weight excluding hydrogens is 227 g/mol. The zero-order valence-electron chi connectivity index (χ0n) is 10.3. The highest BCUT2D eigenvalue weighted by Crippen LogP contribution is 2.36. The average Bonchev–Trinajstić information content (AvgIpc) is 2.24. The van der Waals surface area contributed by atoms with Crippen molar-refractivity contribution in [2.75, 3.05) is 6.54 Å². The number of nitrogens with one attached hydrogen (secondary N) is 1. The van der Waals surface area contributed by atoms with E-state index in [1.54, 1.807) is 12.1 Å². The van der Waals surface area contributed by atoms with Crippen LogP contribution in [0, 0.1) is 5.92 Å². The number of hydrogen-bond acceptors (Lipinski definition) is 1. The summed E-state index contributed by atoms with van der Waals surface area (Å²) in [7, 11) is 0. The fourth-order valence-electron chi connectivity index (χ4n) is 1.95. The molecule has 0 radical (unpaired) electrons. The van der Waals surface area contributed by atoms with Crippen LogP contribution < -0.4 is 5.32 Å². The van der Waals surface area contributed by atoms with Gasteiger partial charge >= 0.3 is 6.18 Å². The van der Waals surface area contributed by atoms with Crippen molar-refractivity contribution in [2.24, 2.45) is 5.92 Å². The summed E-state index contributed by atoms with van der Waals surface area (Å²) in [5, 5.41) is 3.11. The quantitative estimate of drug-likeness (QED) is 0.845. The first-order valence-electron chi connectivity index (χ1n) is 5.77. The maximum atomic E-state index is 12.9. The Morgan fingerprint density at radius 2 is 1.76 bits per heavy atom. The molecule has 0 amide bonds. The lowest BCUT2D eigenvalue weighted by Gasteiger charge is -2.25. The van der Waals surface area contributed by atoms with E-state index in [4.69, 9.17) is 0 Å². The normalized spacial score (nSPS) is 14.1. The maximum absolute atomic E-state index is 12.9. The van der Waals surface area contributed by atoms with Gasteiger partial charge in [-0.15, -0.1) is 0 Å². The van der Waals surface area contributed by atoms with Gasteiger partial charge in [0.05, 0.1) is 5.56 Å². The van der Waals surface area contributed by atoms with Crippen LogP contribution in [0.25, 0.3) is 0 Å². The molecule has 0 fully saturated rings. The number of alkyl halides is 3. The lowest BCUT2D eigenvalue weighted by Crippen LogP contribution is -2.27. The molecule has 0 spiro atoms. The topological polar surface area (TPSA) is 12.0 Å². The van der Waals surface area contributed by atoms with Crippen molar-refractivity contribution in [1.29, 1.82) is 0 Å². The van der Waals surface area contributed by atoms with Gasteiger partial charge in [-0.2, -0.15) is 13.2 Å². The summed E-state index contributed by atoms with van der Waals surface area (Å²) in [5.41, 5.74) is -0.212. The van der Waals surface area contributed by atoms with Gasteiger partial charge in [-0.25, -0.2) is 0 Å². The van der Waals surface area contributed by atoms with Crippen LogP contribution in [0.5, 0.6) is 0 Å². The first-order valence-corrected chi connectivity index (χ1v) is 5.77. The minimum absolute atomic E-state index is 0.110. The van der Waals surface area contributed by atoms with Crippen LogP contribution in [0.3, 0.4) is 0 Å². The zero-order chi connectivity index (χ0) is 13.1. The summed E-state index contributed by atoms with van der Waals surface area (Å²) < 4.78 is 38.7. The van der Waals surface area contributed by atoms with Crippen LogP contribution in [0.1, 0.15) is 37.9 Å². The van der Waals surface area contributed by atoms with Gasteiger partial charge in [0.2, 0.25) is 0 Å². The van der Waals surface area contributed by atoms with E-state index in [-0.39, 0.29) is 12.0 Å². The minimum atomic E-state index is -4.29. The van der Waals surface area contributed by atoms with Crippen LogP contribution in [-0.2, 0) is 6.18 Å². The fraction of sp³-hybridized carbons (Fsp3) is 0.538. The summed E-state index contributed by atoms with van der Waals surface area (Å²) in [4.78, 5) is 0. The Bertz CT molecular complexity index is 358. The first-order chi connectivity index (χ1) is 7.88. The second-order valence-electron chi connectivity index (χ2n) is 4.36. The molecular formula is C13H18F3N. The second kappa shape index (κ2) is 5.54. The predicted octanol–water partition coefficient (Wildman–Crippen LogP) is 4.01. The predicted molar refractivity (Wildman–Crippen MR) is 62.7 cm³/mol. The van der Waals surface area contributed by atoms with E-state index in [2.05, 4.69) is 5.32 Å². The Kier molecular flexibility index (Phi) is 4.57. The van der Waals surface area contributed by atoms with Gasteiger partial charge in [-0.3, -0.25) is 0 Å². The summed E-state index contributed by atoms with van der Waals surface area (Å²) in [6.07, 6.45) is -4.29. The maximum Gasteiger partial charge on any atom is 0.416 e. The van der Waals surface area contributed by atoms with Crippen LogP contribution >= 0.6 is 0 Å². The van der Waals surface area contributed by atoms with Crippen molar-refractivity contribution in [3.05, 3.63) is 35.4 Å². The van der Waals surface area contributed by atoms with Crippen molar-refractivity contribution in [1.82, 2.24) is 5.32 Å². The zero-order valence-corrected chi connectivity index (χ0v) is 10.3. The Morgan fingerprint density at radius 3 is 2.24 bits per heavy atom. The molecule has 0 saturated heterocycles. The van der Waals surface area contributed by atoms with E-state index in [1.807, 2.05) is 20.8 Å². The molecule has 0 bridgehead atoms. The molecule has 0 aliphatic heterocycles. The standard InChI is InChI=1S/C13H18F3N/c1-4-17-12(9(2)3)10-7-5-6-8-11(10)13(14,15)16/h5-9,12,17H,4H2,1-3H3. The number of hydrogen-bond donors (Lipinski definition) is 1. The van der Waals surface area contributed by atoms with Gasteiger partial charge in [0.1, 0.15) is 0 Å². The SMILES string of the molecule is CCNC(c1ccccc1C(F)(F)F)C(C)C. The molecule has 17 heavy (non-hydrogen) atoms. The van der Waals surface area contributed by atoms with Crippen LogP contribution in [0.2, 0.25) is 0 Å². The molecule has 0 saturated carbocycles.